The van der Waals surface area contributed by atoms with Gasteiger partial charge < -0.3 is 15.2 Å². The van der Waals surface area contributed by atoms with Crippen LogP contribution in [0.5, 0.6) is 11.5 Å². The smallest absolute Gasteiger partial charge is 0.315 e. The Balaban J connectivity index is 3.22. The Kier molecular flexibility index (Phi) is 5.38. The predicted octanol–water partition coefficient (Wildman–Crippen LogP) is 1.89. The molecular formula is C12H18N2O4. The summed E-state index contributed by atoms with van der Waals surface area (Å²) in [6.45, 7) is 2.77. The number of rotatable bonds is 7. The molecule has 0 aliphatic rings. The van der Waals surface area contributed by atoms with Crippen molar-refractivity contribution in [1.29, 1.82) is 0 Å². The Morgan fingerprint density at radius 3 is 2.67 bits per heavy atom. The van der Waals surface area contributed by atoms with Crippen LogP contribution in [0.4, 0.5) is 5.69 Å². The monoisotopic (exact) mass is 254 g/mol. The molecule has 2 N–H and O–H groups in total. The van der Waals surface area contributed by atoms with E-state index in [0.29, 0.717) is 25.3 Å². The molecule has 0 spiro atoms. The zero-order valence-electron chi connectivity index (χ0n) is 10.6. The lowest BCUT2D eigenvalue weighted by molar-refractivity contribution is -0.386. The second kappa shape index (κ2) is 6.80. The van der Waals surface area contributed by atoms with E-state index < -0.39 is 4.92 Å². The van der Waals surface area contributed by atoms with Crippen LogP contribution in [0.2, 0.25) is 0 Å². The van der Waals surface area contributed by atoms with Crippen LogP contribution in [0, 0.1) is 10.1 Å². The quantitative estimate of drug-likeness (QED) is 0.593. The molecule has 100 valence electrons. The molecule has 6 nitrogen and oxygen atoms in total. The summed E-state index contributed by atoms with van der Waals surface area (Å²) in [4.78, 5) is 10.6. The molecular weight excluding hydrogens is 236 g/mol. The molecule has 0 aliphatic heterocycles. The van der Waals surface area contributed by atoms with E-state index in [9.17, 15) is 10.1 Å². The van der Waals surface area contributed by atoms with Gasteiger partial charge in [0.1, 0.15) is 0 Å². The summed E-state index contributed by atoms with van der Waals surface area (Å²) in [5.41, 5.74) is 6.15. The summed E-state index contributed by atoms with van der Waals surface area (Å²) < 4.78 is 10.6. The number of benzene rings is 1. The highest BCUT2D eigenvalue weighted by Gasteiger charge is 2.21. The molecule has 1 aromatic carbocycles. The predicted molar refractivity (Wildman–Crippen MR) is 68.2 cm³/mol. The molecule has 0 aromatic heterocycles. The highest BCUT2D eigenvalue weighted by molar-refractivity contribution is 5.58. The van der Waals surface area contributed by atoms with E-state index in [1.54, 1.807) is 6.07 Å². The zero-order chi connectivity index (χ0) is 13.5. The van der Waals surface area contributed by atoms with Crippen molar-refractivity contribution in [3.63, 3.8) is 0 Å². The largest absolute Gasteiger partial charge is 0.493 e. The second-order valence-electron chi connectivity index (χ2n) is 3.79. The summed E-state index contributed by atoms with van der Waals surface area (Å²) >= 11 is 0. The molecule has 0 radical (unpaired) electrons. The third kappa shape index (κ3) is 3.33. The van der Waals surface area contributed by atoms with Gasteiger partial charge in [0.25, 0.3) is 0 Å². The SMILES string of the molecule is CCCOc1c(OC)cc(CCN)cc1[N+](=O)[O-]. The summed E-state index contributed by atoms with van der Waals surface area (Å²) in [5.74, 6) is 0.561. The lowest BCUT2D eigenvalue weighted by Gasteiger charge is -2.12. The molecule has 1 rings (SSSR count). The molecule has 0 aliphatic carbocycles. The van der Waals surface area contributed by atoms with Crippen molar-refractivity contribution >= 4 is 5.69 Å². The highest BCUT2D eigenvalue weighted by Crippen LogP contribution is 2.38. The Morgan fingerprint density at radius 1 is 1.44 bits per heavy atom. The standard InChI is InChI=1S/C12H18N2O4/c1-3-6-18-12-10(14(15)16)7-9(4-5-13)8-11(12)17-2/h7-8H,3-6,13H2,1-2H3. The van der Waals surface area contributed by atoms with Crippen LogP contribution in [0.1, 0.15) is 18.9 Å². The van der Waals surface area contributed by atoms with Gasteiger partial charge in [-0.2, -0.15) is 0 Å². The van der Waals surface area contributed by atoms with E-state index in [4.69, 9.17) is 15.2 Å². The average molecular weight is 254 g/mol. The second-order valence-corrected chi connectivity index (χ2v) is 3.79. The molecule has 0 saturated heterocycles. The van der Waals surface area contributed by atoms with E-state index in [1.165, 1.54) is 13.2 Å². The van der Waals surface area contributed by atoms with E-state index in [2.05, 4.69) is 0 Å². The van der Waals surface area contributed by atoms with E-state index in [0.717, 1.165) is 12.0 Å². The van der Waals surface area contributed by atoms with E-state index in [-0.39, 0.29) is 11.4 Å². The number of nitrogens with zero attached hydrogens (tertiary/aromatic N) is 1. The van der Waals surface area contributed by atoms with Gasteiger partial charge in [0, 0.05) is 6.07 Å². The molecule has 0 bridgehead atoms. The Bertz CT molecular complexity index is 421. The van der Waals surface area contributed by atoms with Crippen molar-refractivity contribution in [2.45, 2.75) is 19.8 Å². The van der Waals surface area contributed by atoms with Crippen LogP contribution >= 0.6 is 0 Å². The van der Waals surface area contributed by atoms with Crippen LogP contribution in [0.25, 0.3) is 0 Å². The first-order valence-electron chi connectivity index (χ1n) is 5.82. The molecule has 18 heavy (non-hydrogen) atoms. The first-order chi connectivity index (χ1) is 8.63. The van der Waals surface area contributed by atoms with Gasteiger partial charge in [0.05, 0.1) is 18.6 Å². The fraction of sp³-hybridized carbons (Fsp3) is 0.500. The van der Waals surface area contributed by atoms with Crippen LogP contribution in [0.3, 0.4) is 0 Å². The number of nitrogens with two attached hydrogens (primary N) is 1. The zero-order valence-corrected chi connectivity index (χ0v) is 10.6. The third-order valence-corrected chi connectivity index (χ3v) is 2.40. The maximum Gasteiger partial charge on any atom is 0.315 e. The first kappa shape index (κ1) is 14.2. The van der Waals surface area contributed by atoms with Crippen molar-refractivity contribution in [3.05, 3.63) is 27.8 Å². The number of methoxy groups -OCH3 is 1. The van der Waals surface area contributed by atoms with Crippen molar-refractivity contribution in [2.24, 2.45) is 5.73 Å². The maximum absolute atomic E-state index is 11.0. The third-order valence-electron chi connectivity index (χ3n) is 2.40. The Hall–Kier alpha value is -1.82. The summed E-state index contributed by atoms with van der Waals surface area (Å²) in [5, 5.41) is 11.0. The first-order valence-corrected chi connectivity index (χ1v) is 5.82. The number of nitro groups is 1. The maximum atomic E-state index is 11.0. The topological polar surface area (TPSA) is 87.6 Å². The highest BCUT2D eigenvalue weighted by atomic mass is 16.6. The van der Waals surface area contributed by atoms with Crippen LogP contribution < -0.4 is 15.2 Å². The average Bonchev–Trinajstić information content (AvgIpc) is 2.36. The van der Waals surface area contributed by atoms with Gasteiger partial charge in [-0.25, -0.2) is 0 Å². The molecule has 6 heteroatoms. The molecule has 0 heterocycles. The van der Waals surface area contributed by atoms with Gasteiger partial charge in [-0.05, 0) is 31.0 Å². The molecule has 0 saturated carbocycles. The van der Waals surface area contributed by atoms with Crippen molar-refractivity contribution in [2.75, 3.05) is 20.3 Å². The lowest BCUT2D eigenvalue weighted by Crippen LogP contribution is -2.06. The van der Waals surface area contributed by atoms with Crippen molar-refractivity contribution < 1.29 is 14.4 Å². The fourth-order valence-corrected chi connectivity index (χ4v) is 1.59. The van der Waals surface area contributed by atoms with Gasteiger partial charge in [-0.1, -0.05) is 6.92 Å². The van der Waals surface area contributed by atoms with Crippen LogP contribution in [0.15, 0.2) is 12.1 Å². The number of hydrogen-bond acceptors (Lipinski definition) is 5. The minimum absolute atomic E-state index is 0.0775. The number of hydrogen-bond donors (Lipinski definition) is 1. The summed E-state index contributed by atoms with van der Waals surface area (Å²) in [6.07, 6.45) is 1.33. The Labute approximate surface area is 106 Å². The lowest BCUT2D eigenvalue weighted by atomic mass is 10.1. The van der Waals surface area contributed by atoms with E-state index in [1.807, 2.05) is 6.92 Å². The summed E-state index contributed by atoms with van der Waals surface area (Å²) in [6, 6.07) is 3.21. The molecule has 0 atom stereocenters. The van der Waals surface area contributed by atoms with Crippen LogP contribution in [-0.4, -0.2) is 25.2 Å². The fourth-order valence-electron chi connectivity index (χ4n) is 1.59. The molecule has 0 fully saturated rings. The normalized spacial score (nSPS) is 10.2. The van der Waals surface area contributed by atoms with Gasteiger partial charge >= 0.3 is 5.69 Å². The minimum Gasteiger partial charge on any atom is -0.493 e. The van der Waals surface area contributed by atoms with Gasteiger partial charge in [-0.3, -0.25) is 10.1 Å². The minimum atomic E-state index is -0.465. The van der Waals surface area contributed by atoms with Gasteiger partial charge in [0.2, 0.25) is 5.75 Å². The van der Waals surface area contributed by atoms with Gasteiger partial charge in [-0.15, -0.1) is 0 Å². The van der Waals surface area contributed by atoms with Crippen molar-refractivity contribution in [3.8, 4) is 11.5 Å². The molecule has 0 unspecified atom stereocenters. The molecule has 1 aromatic rings. The van der Waals surface area contributed by atoms with Crippen molar-refractivity contribution in [1.82, 2.24) is 0 Å². The van der Waals surface area contributed by atoms with E-state index >= 15 is 0 Å². The number of ether oxygens (including phenoxy) is 2. The Morgan fingerprint density at radius 2 is 2.17 bits per heavy atom. The van der Waals surface area contributed by atoms with Gasteiger partial charge in [0.15, 0.2) is 5.75 Å². The summed E-state index contributed by atoms with van der Waals surface area (Å²) in [7, 11) is 1.46. The molecule has 0 amide bonds. The number of nitro benzene ring substituents is 1. The van der Waals surface area contributed by atoms with Crippen LogP contribution in [-0.2, 0) is 6.42 Å².